The van der Waals surface area contributed by atoms with E-state index in [-0.39, 0.29) is 22.2 Å². The standard InChI is InChI=1S/C11H14BrNO3/c12-8(11(13)16)3-1-2-7-4-5-9(14)10(15)6-7/h4-6,8,14-15H,1-3H2,(H2,13,16)/t8-/m0/s1. The van der Waals surface area contributed by atoms with Gasteiger partial charge in [0.05, 0.1) is 4.83 Å². The van der Waals surface area contributed by atoms with Crippen LogP contribution in [0.4, 0.5) is 0 Å². The maximum atomic E-state index is 10.7. The molecule has 0 heterocycles. The minimum Gasteiger partial charge on any atom is -0.504 e. The summed E-state index contributed by atoms with van der Waals surface area (Å²) in [4.78, 5) is 10.4. The number of aryl methyl sites for hydroxylation is 1. The van der Waals surface area contributed by atoms with Crippen LogP contribution < -0.4 is 5.73 Å². The van der Waals surface area contributed by atoms with Gasteiger partial charge in [-0.25, -0.2) is 0 Å². The molecule has 0 bridgehead atoms. The van der Waals surface area contributed by atoms with Crippen molar-refractivity contribution < 1.29 is 15.0 Å². The predicted octanol–water partition coefficient (Wildman–Crippen LogP) is 1.67. The van der Waals surface area contributed by atoms with Crippen LogP contribution in [-0.2, 0) is 11.2 Å². The van der Waals surface area contributed by atoms with Crippen molar-refractivity contribution in [2.45, 2.75) is 24.1 Å². The lowest BCUT2D eigenvalue weighted by Gasteiger charge is -2.06. The van der Waals surface area contributed by atoms with Crippen LogP contribution >= 0.6 is 15.9 Å². The zero-order valence-electron chi connectivity index (χ0n) is 8.69. The Morgan fingerprint density at radius 2 is 2.06 bits per heavy atom. The molecule has 1 aromatic rings. The number of nitrogens with two attached hydrogens (primary N) is 1. The molecule has 0 aromatic heterocycles. The Morgan fingerprint density at radius 3 is 2.62 bits per heavy atom. The number of primary amides is 1. The number of phenolic OH excluding ortho intramolecular Hbond substituents is 2. The van der Waals surface area contributed by atoms with Crippen molar-refractivity contribution in [2.24, 2.45) is 5.73 Å². The van der Waals surface area contributed by atoms with E-state index in [0.29, 0.717) is 6.42 Å². The monoisotopic (exact) mass is 287 g/mol. The highest BCUT2D eigenvalue weighted by Gasteiger charge is 2.10. The highest BCUT2D eigenvalue weighted by atomic mass is 79.9. The van der Waals surface area contributed by atoms with Crippen LogP contribution in [0.25, 0.3) is 0 Å². The van der Waals surface area contributed by atoms with Crippen LogP contribution in [0.5, 0.6) is 11.5 Å². The van der Waals surface area contributed by atoms with Crippen LogP contribution in [0.3, 0.4) is 0 Å². The number of hydrogen-bond donors (Lipinski definition) is 3. The first kappa shape index (κ1) is 12.8. The van der Waals surface area contributed by atoms with E-state index in [1.807, 2.05) is 0 Å². The Balaban J connectivity index is 2.43. The SMILES string of the molecule is NC(=O)[C@@H](Br)CCCc1ccc(O)c(O)c1. The van der Waals surface area contributed by atoms with Gasteiger partial charge in [-0.1, -0.05) is 22.0 Å². The fourth-order valence-electron chi connectivity index (χ4n) is 1.35. The zero-order chi connectivity index (χ0) is 12.1. The molecule has 0 aliphatic heterocycles. The number of rotatable bonds is 5. The molecular formula is C11H14BrNO3. The first-order valence-corrected chi connectivity index (χ1v) is 5.86. The van der Waals surface area contributed by atoms with Crippen molar-refractivity contribution in [2.75, 3.05) is 0 Å². The van der Waals surface area contributed by atoms with Gasteiger partial charge in [0, 0.05) is 0 Å². The van der Waals surface area contributed by atoms with Gasteiger partial charge >= 0.3 is 0 Å². The van der Waals surface area contributed by atoms with E-state index in [1.54, 1.807) is 6.07 Å². The quantitative estimate of drug-likeness (QED) is 0.569. The lowest BCUT2D eigenvalue weighted by Crippen LogP contribution is -2.23. The van der Waals surface area contributed by atoms with Crippen molar-refractivity contribution in [3.8, 4) is 11.5 Å². The predicted molar refractivity (Wildman–Crippen MR) is 64.6 cm³/mol. The Labute approximate surface area is 102 Å². The van der Waals surface area contributed by atoms with Gasteiger partial charge in [0.25, 0.3) is 0 Å². The minimum atomic E-state index is -0.367. The summed E-state index contributed by atoms with van der Waals surface area (Å²) in [5, 5.41) is 18.4. The molecule has 0 aliphatic carbocycles. The molecule has 0 aliphatic rings. The number of carbonyl (C=O) groups is 1. The first-order valence-electron chi connectivity index (χ1n) is 4.95. The summed E-state index contributed by atoms with van der Waals surface area (Å²) in [7, 11) is 0. The summed E-state index contributed by atoms with van der Waals surface area (Å²) in [6.45, 7) is 0. The number of aromatic hydroxyl groups is 2. The topological polar surface area (TPSA) is 83.6 Å². The molecule has 16 heavy (non-hydrogen) atoms. The summed E-state index contributed by atoms with van der Waals surface area (Å²) in [5.41, 5.74) is 6.02. The second-order valence-electron chi connectivity index (χ2n) is 3.59. The molecule has 5 heteroatoms. The highest BCUT2D eigenvalue weighted by Crippen LogP contribution is 2.25. The van der Waals surface area contributed by atoms with Gasteiger partial charge in [-0.15, -0.1) is 0 Å². The lowest BCUT2D eigenvalue weighted by molar-refractivity contribution is -0.117. The maximum Gasteiger partial charge on any atom is 0.231 e. The summed E-state index contributed by atoms with van der Waals surface area (Å²) in [5.74, 6) is -0.615. The fourth-order valence-corrected chi connectivity index (χ4v) is 1.68. The molecular weight excluding hydrogens is 274 g/mol. The molecule has 0 radical (unpaired) electrons. The summed E-state index contributed by atoms with van der Waals surface area (Å²) >= 11 is 3.18. The van der Waals surface area contributed by atoms with Crippen LogP contribution in [0.2, 0.25) is 0 Å². The Hall–Kier alpha value is -1.23. The van der Waals surface area contributed by atoms with E-state index in [4.69, 9.17) is 10.8 Å². The van der Waals surface area contributed by atoms with Crippen molar-refractivity contribution in [3.05, 3.63) is 23.8 Å². The highest BCUT2D eigenvalue weighted by molar-refractivity contribution is 9.10. The normalized spacial score (nSPS) is 12.3. The van der Waals surface area contributed by atoms with Crippen LogP contribution in [0.1, 0.15) is 18.4 Å². The van der Waals surface area contributed by atoms with E-state index in [0.717, 1.165) is 18.4 Å². The van der Waals surface area contributed by atoms with Crippen LogP contribution in [-0.4, -0.2) is 20.9 Å². The summed E-state index contributed by atoms with van der Waals surface area (Å²) in [6.07, 6.45) is 2.16. The number of phenols is 2. The number of alkyl halides is 1. The number of amides is 1. The molecule has 4 nitrogen and oxygen atoms in total. The van der Waals surface area contributed by atoms with Gasteiger partial charge < -0.3 is 15.9 Å². The second kappa shape index (κ2) is 5.75. The molecule has 88 valence electrons. The van der Waals surface area contributed by atoms with Gasteiger partial charge in [0.1, 0.15) is 0 Å². The molecule has 1 rings (SSSR count). The van der Waals surface area contributed by atoms with Gasteiger partial charge in [0.15, 0.2) is 11.5 Å². The van der Waals surface area contributed by atoms with E-state index < -0.39 is 0 Å². The van der Waals surface area contributed by atoms with E-state index in [9.17, 15) is 9.90 Å². The largest absolute Gasteiger partial charge is 0.504 e. The molecule has 1 aromatic carbocycles. The second-order valence-corrected chi connectivity index (χ2v) is 4.69. The van der Waals surface area contributed by atoms with Crippen LogP contribution in [0, 0.1) is 0 Å². The van der Waals surface area contributed by atoms with Gasteiger partial charge in [-0.05, 0) is 37.0 Å². The third kappa shape index (κ3) is 3.73. The Morgan fingerprint density at radius 1 is 1.38 bits per heavy atom. The number of benzene rings is 1. The molecule has 0 fully saturated rings. The first-order chi connectivity index (χ1) is 7.50. The summed E-state index contributed by atoms with van der Waals surface area (Å²) in [6, 6.07) is 4.70. The third-order valence-electron chi connectivity index (χ3n) is 2.27. The van der Waals surface area contributed by atoms with E-state index in [1.165, 1.54) is 12.1 Å². The van der Waals surface area contributed by atoms with Gasteiger partial charge in [-0.3, -0.25) is 4.79 Å². The molecule has 0 saturated heterocycles. The lowest BCUT2D eigenvalue weighted by atomic mass is 10.1. The number of halogens is 1. The van der Waals surface area contributed by atoms with Crippen molar-refractivity contribution >= 4 is 21.8 Å². The van der Waals surface area contributed by atoms with Gasteiger partial charge in [-0.2, -0.15) is 0 Å². The van der Waals surface area contributed by atoms with Crippen molar-refractivity contribution in [1.29, 1.82) is 0 Å². The smallest absolute Gasteiger partial charge is 0.231 e. The minimum absolute atomic E-state index is 0.122. The Kier molecular flexibility index (Phi) is 4.61. The van der Waals surface area contributed by atoms with E-state index in [2.05, 4.69) is 15.9 Å². The third-order valence-corrected chi connectivity index (χ3v) is 3.18. The molecule has 1 amide bonds. The van der Waals surface area contributed by atoms with Gasteiger partial charge in [0.2, 0.25) is 5.91 Å². The zero-order valence-corrected chi connectivity index (χ0v) is 10.3. The van der Waals surface area contributed by atoms with Crippen LogP contribution in [0.15, 0.2) is 18.2 Å². The Bertz CT molecular complexity index is 381. The molecule has 0 saturated carbocycles. The average Bonchev–Trinajstić information content (AvgIpc) is 2.23. The van der Waals surface area contributed by atoms with E-state index >= 15 is 0 Å². The summed E-state index contributed by atoms with van der Waals surface area (Å²) < 4.78 is 0. The maximum absolute atomic E-state index is 10.7. The van der Waals surface area contributed by atoms with Crippen molar-refractivity contribution in [1.82, 2.24) is 0 Å². The number of carbonyl (C=O) groups excluding carboxylic acids is 1. The fraction of sp³-hybridized carbons (Fsp3) is 0.364. The molecule has 0 spiro atoms. The number of hydrogen-bond acceptors (Lipinski definition) is 3. The van der Waals surface area contributed by atoms with Crippen molar-refractivity contribution in [3.63, 3.8) is 0 Å². The molecule has 1 atom stereocenters. The average molecular weight is 288 g/mol. The molecule has 4 N–H and O–H groups in total. The molecule has 0 unspecified atom stereocenters.